The number of nitrogens with one attached hydrogen (secondary N) is 3. The van der Waals surface area contributed by atoms with E-state index in [1.807, 2.05) is 5.32 Å². The topological polar surface area (TPSA) is 91.1 Å². The molecule has 1 heterocycles. The number of Topliss-reactive ketones (excluding diaryl/α,β-unsaturated/α-hetero) is 1. The van der Waals surface area contributed by atoms with Crippen LogP contribution in [0.2, 0.25) is 0 Å². The Morgan fingerprint density at radius 1 is 1.00 bits per heavy atom. The number of hydrogen-bond acceptors (Lipinski definition) is 3. The van der Waals surface area contributed by atoms with Gasteiger partial charge in [-0.3, -0.25) is 14.4 Å². The lowest BCUT2D eigenvalue weighted by molar-refractivity contribution is -0.121. The first-order chi connectivity index (χ1) is 13.3. The molecule has 0 saturated carbocycles. The van der Waals surface area contributed by atoms with Gasteiger partial charge in [0, 0.05) is 16.6 Å². The largest absolute Gasteiger partial charge is 0.358 e. The van der Waals surface area contributed by atoms with Crippen molar-refractivity contribution >= 4 is 34.2 Å². The van der Waals surface area contributed by atoms with Crippen LogP contribution in [-0.2, 0) is 9.59 Å². The molecule has 9 heteroatoms. The predicted molar refractivity (Wildman–Crippen MR) is 95.3 cm³/mol. The van der Waals surface area contributed by atoms with Crippen molar-refractivity contribution in [3.8, 4) is 0 Å². The zero-order valence-electron chi connectivity index (χ0n) is 14.5. The molecule has 28 heavy (non-hydrogen) atoms. The molecule has 144 valence electrons. The molecule has 0 aliphatic carbocycles. The molecule has 0 spiro atoms. The zero-order chi connectivity index (χ0) is 20.4. The average Bonchev–Trinajstić information content (AvgIpc) is 3.01. The number of carbonyl (C=O) groups excluding carboxylic acids is 3. The van der Waals surface area contributed by atoms with Gasteiger partial charge in [-0.2, -0.15) is 0 Å². The minimum absolute atomic E-state index is 0.181. The minimum atomic E-state index is -1.73. The van der Waals surface area contributed by atoms with Crippen molar-refractivity contribution in [3.05, 3.63) is 65.1 Å². The van der Waals surface area contributed by atoms with Crippen LogP contribution in [0.25, 0.3) is 10.9 Å². The maximum absolute atomic E-state index is 13.6. The smallest absolute Gasteiger partial charge is 0.292 e. The summed E-state index contributed by atoms with van der Waals surface area (Å²) in [5.41, 5.74) is 0.773. The number of aryl methyl sites for hydroxylation is 1. The van der Waals surface area contributed by atoms with E-state index in [2.05, 4.69) is 10.3 Å². The number of aromatic nitrogens is 1. The summed E-state index contributed by atoms with van der Waals surface area (Å²) in [7, 11) is 0. The maximum atomic E-state index is 13.6. The summed E-state index contributed by atoms with van der Waals surface area (Å²) in [5, 5.41) is 4.68. The molecular weight excluding hydrogens is 375 g/mol. The molecule has 0 aliphatic rings. The normalized spacial score (nSPS) is 10.7. The summed E-state index contributed by atoms with van der Waals surface area (Å²) in [5.74, 6) is -7.49. The molecule has 3 aromatic rings. The minimum Gasteiger partial charge on any atom is -0.358 e. The van der Waals surface area contributed by atoms with Gasteiger partial charge in [-0.25, -0.2) is 13.2 Å². The monoisotopic (exact) mass is 389 g/mol. The number of hydrogen-bond donors (Lipinski definition) is 3. The molecular formula is C19H14F3N3O3. The quantitative estimate of drug-likeness (QED) is 0.356. The van der Waals surface area contributed by atoms with Gasteiger partial charge < -0.3 is 15.6 Å². The molecule has 2 amide bonds. The third-order valence-electron chi connectivity index (χ3n) is 4.05. The Morgan fingerprint density at radius 3 is 2.46 bits per heavy atom. The number of rotatable bonds is 5. The third-order valence-corrected chi connectivity index (χ3v) is 4.05. The number of para-hydroxylation sites is 1. The summed E-state index contributed by atoms with van der Waals surface area (Å²) < 4.78 is 39.6. The van der Waals surface area contributed by atoms with Crippen LogP contribution in [0, 0.1) is 24.4 Å². The average molecular weight is 389 g/mol. The van der Waals surface area contributed by atoms with Crippen LogP contribution in [0.3, 0.4) is 0 Å². The van der Waals surface area contributed by atoms with Crippen LogP contribution in [-0.4, -0.2) is 29.1 Å². The number of H-pyrrole nitrogens is 1. The molecule has 2 aromatic carbocycles. The van der Waals surface area contributed by atoms with Crippen molar-refractivity contribution in [2.24, 2.45) is 0 Å². The number of aromatic amines is 1. The van der Waals surface area contributed by atoms with E-state index in [1.165, 1.54) is 0 Å². The van der Waals surface area contributed by atoms with Crippen LogP contribution >= 0.6 is 0 Å². The van der Waals surface area contributed by atoms with Crippen molar-refractivity contribution in [2.75, 3.05) is 11.9 Å². The SMILES string of the molecule is Cc1[nH]c2ccccc2c1C(=O)C(=O)NCC(=O)Nc1ccc(F)c(F)c1F. The van der Waals surface area contributed by atoms with Crippen LogP contribution in [0.4, 0.5) is 18.9 Å². The number of amides is 2. The molecule has 0 fully saturated rings. The Balaban J connectivity index is 1.66. The van der Waals surface area contributed by atoms with Gasteiger partial charge in [-0.15, -0.1) is 0 Å². The highest BCUT2D eigenvalue weighted by Crippen LogP contribution is 2.22. The number of carbonyl (C=O) groups is 3. The van der Waals surface area contributed by atoms with Gasteiger partial charge in [0.2, 0.25) is 5.91 Å². The van der Waals surface area contributed by atoms with E-state index in [0.717, 1.165) is 6.07 Å². The van der Waals surface area contributed by atoms with E-state index in [9.17, 15) is 27.6 Å². The van der Waals surface area contributed by atoms with E-state index < -0.39 is 47.3 Å². The third kappa shape index (κ3) is 3.59. The molecule has 1 aromatic heterocycles. The maximum Gasteiger partial charge on any atom is 0.292 e. The Bertz CT molecular complexity index is 1110. The predicted octanol–water partition coefficient (Wildman–Crippen LogP) is 2.83. The first kappa shape index (κ1) is 19.2. The Kier molecular flexibility index (Phi) is 5.16. The molecule has 0 atom stereocenters. The van der Waals surface area contributed by atoms with E-state index in [-0.39, 0.29) is 5.56 Å². The van der Waals surface area contributed by atoms with Crippen LogP contribution < -0.4 is 10.6 Å². The highest BCUT2D eigenvalue weighted by atomic mass is 19.2. The molecule has 0 unspecified atom stereocenters. The number of benzene rings is 2. The Labute approximate surface area is 156 Å². The summed E-state index contributed by atoms with van der Waals surface area (Å²) in [6.07, 6.45) is 0. The van der Waals surface area contributed by atoms with Crippen molar-refractivity contribution in [3.63, 3.8) is 0 Å². The lowest BCUT2D eigenvalue weighted by atomic mass is 10.1. The van der Waals surface area contributed by atoms with Gasteiger partial charge in [-0.1, -0.05) is 18.2 Å². The van der Waals surface area contributed by atoms with E-state index in [4.69, 9.17) is 0 Å². The van der Waals surface area contributed by atoms with Gasteiger partial charge in [0.15, 0.2) is 17.5 Å². The fraction of sp³-hybridized carbons (Fsp3) is 0.105. The van der Waals surface area contributed by atoms with Crippen molar-refractivity contribution in [2.45, 2.75) is 6.92 Å². The first-order valence-corrected chi connectivity index (χ1v) is 8.12. The second-order valence-corrected chi connectivity index (χ2v) is 5.95. The van der Waals surface area contributed by atoms with Crippen molar-refractivity contribution < 1.29 is 27.6 Å². The van der Waals surface area contributed by atoms with Crippen LogP contribution in [0.1, 0.15) is 16.1 Å². The standard InChI is InChI=1S/C19H14F3N3O3/c1-9-15(10-4-2-3-5-12(10)24-9)18(27)19(28)23-8-14(26)25-13-7-6-11(20)16(21)17(13)22/h2-7,24H,8H2,1H3,(H,23,28)(H,25,26). The van der Waals surface area contributed by atoms with Crippen LogP contribution in [0.15, 0.2) is 36.4 Å². The second-order valence-electron chi connectivity index (χ2n) is 5.95. The second kappa shape index (κ2) is 7.55. The first-order valence-electron chi connectivity index (χ1n) is 8.12. The number of ketones is 1. The molecule has 3 N–H and O–H groups in total. The van der Waals surface area contributed by atoms with E-state index in [1.54, 1.807) is 31.2 Å². The van der Waals surface area contributed by atoms with Gasteiger partial charge in [0.25, 0.3) is 11.7 Å². The molecule has 0 bridgehead atoms. The summed E-state index contributed by atoms with van der Waals surface area (Å²) >= 11 is 0. The summed E-state index contributed by atoms with van der Waals surface area (Å²) in [6.45, 7) is 0.976. The van der Waals surface area contributed by atoms with E-state index >= 15 is 0 Å². The number of halogens is 3. The van der Waals surface area contributed by atoms with Gasteiger partial charge >= 0.3 is 0 Å². The number of anilines is 1. The van der Waals surface area contributed by atoms with Crippen molar-refractivity contribution in [1.82, 2.24) is 10.3 Å². The highest BCUT2D eigenvalue weighted by Gasteiger charge is 2.23. The molecule has 6 nitrogen and oxygen atoms in total. The molecule has 0 radical (unpaired) electrons. The fourth-order valence-corrected chi connectivity index (χ4v) is 2.74. The fourth-order valence-electron chi connectivity index (χ4n) is 2.74. The van der Waals surface area contributed by atoms with Crippen LogP contribution in [0.5, 0.6) is 0 Å². The highest BCUT2D eigenvalue weighted by molar-refractivity contribution is 6.45. The summed E-state index contributed by atoms with van der Waals surface area (Å²) in [6, 6.07) is 8.41. The lowest BCUT2D eigenvalue weighted by Gasteiger charge is -2.08. The number of fused-ring (bicyclic) bond motifs is 1. The molecule has 3 rings (SSSR count). The van der Waals surface area contributed by atoms with Gasteiger partial charge in [0.1, 0.15) is 0 Å². The Morgan fingerprint density at radius 2 is 1.71 bits per heavy atom. The lowest BCUT2D eigenvalue weighted by Crippen LogP contribution is -2.37. The van der Waals surface area contributed by atoms with Gasteiger partial charge in [0.05, 0.1) is 17.8 Å². The van der Waals surface area contributed by atoms with Gasteiger partial charge in [-0.05, 0) is 25.1 Å². The van der Waals surface area contributed by atoms with Crippen molar-refractivity contribution in [1.29, 1.82) is 0 Å². The molecule has 0 aliphatic heterocycles. The molecule has 0 saturated heterocycles. The Hall–Kier alpha value is -3.62. The zero-order valence-corrected chi connectivity index (χ0v) is 14.5. The summed E-state index contributed by atoms with van der Waals surface area (Å²) in [4.78, 5) is 39.4. The van der Waals surface area contributed by atoms with E-state index in [0.29, 0.717) is 22.7 Å².